The van der Waals surface area contributed by atoms with Gasteiger partial charge in [0.2, 0.25) is 0 Å². The van der Waals surface area contributed by atoms with Crippen LogP contribution in [0.5, 0.6) is 17.2 Å². The molecule has 2 heterocycles. The van der Waals surface area contributed by atoms with E-state index < -0.39 is 0 Å². The molecule has 162 valence electrons. The smallest absolute Gasteiger partial charge is 0.257 e. The number of carbonyl (C=O) groups excluding carboxylic acids is 1. The molecule has 1 aliphatic rings. The molecule has 1 fully saturated rings. The van der Waals surface area contributed by atoms with Crippen LogP contribution in [-0.2, 0) is 0 Å². The van der Waals surface area contributed by atoms with Crippen LogP contribution in [0.2, 0.25) is 0 Å². The highest BCUT2D eigenvalue weighted by molar-refractivity contribution is 7.14. The van der Waals surface area contributed by atoms with Crippen LogP contribution >= 0.6 is 11.3 Å². The number of para-hydroxylation sites is 2. The number of likely N-dealkylation sites (tertiary alicyclic amines) is 1. The molecular weight excluding hydrogens is 414 g/mol. The maximum absolute atomic E-state index is 13.1. The standard InChI is InChI=1S/C23H25N3O4S/c1-28-18-9-5-4-7-16(18)22-25-24-21(31-22)15-11-13-26(14-12-15)23(27)17-8-6-10-19(29-2)20(17)30-3/h4-10,15H,11-14H2,1-3H3. The van der Waals surface area contributed by atoms with Crippen molar-refractivity contribution in [2.45, 2.75) is 18.8 Å². The summed E-state index contributed by atoms with van der Waals surface area (Å²) in [5.41, 5.74) is 1.47. The summed E-state index contributed by atoms with van der Waals surface area (Å²) in [5.74, 6) is 2.07. The summed E-state index contributed by atoms with van der Waals surface area (Å²) >= 11 is 1.60. The number of nitrogens with zero attached hydrogens (tertiary/aromatic N) is 3. The third-order valence-corrected chi connectivity index (χ3v) is 6.66. The molecule has 0 N–H and O–H groups in total. The lowest BCUT2D eigenvalue weighted by molar-refractivity contribution is 0.0708. The van der Waals surface area contributed by atoms with E-state index in [2.05, 4.69) is 10.2 Å². The van der Waals surface area contributed by atoms with Gasteiger partial charge in [-0.3, -0.25) is 4.79 Å². The molecule has 7 nitrogen and oxygen atoms in total. The quantitative estimate of drug-likeness (QED) is 0.572. The zero-order valence-corrected chi connectivity index (χ0v) is 18.6. The predicted molar refractivity (Wildman–Crippen MR) is 119 cm³/mol. The Balaban J connectivity index is 1.45. The fourth-order valence-electron chi connectivity index (χ4n) is 3.89. The molecule has 0 radical (unpaired) electrons. The van der Waals surface area contributed by atoms with Crippen molar-refractivity contribution in [3.05, 3.63) is 53.0 Å². The van der Waals surface area contributed by atoms with E-state index in [9.17, 15) is 4.79 Å². The molecule has 0 unspecified atom stereocenters. The molecule has 0 atom stereocenters. The number of hydrogen-bond donors (Lipinski definition) is 0. The number of rotatable bonds is 6. The molecule has 0 aliphatic carbocycles. The van der Waals surface area contributed by atoms with E-state index in [1.165, 1.54) is 0 Å². The lowest BCUT2D eigenvalue weighted by atomic mass is 9.97. The predicted octanol–water partition coefficient (Wildman–Crippen LogP) is 4.25. The van der Waals surface area contributed by atoms with Crippen molar-refractivity contribution in [3.8, 4) is 27.8 Å². The maximum atomic E-state index is 13.1. The van der Waals surface area contributed by atoms with Crippen molar-refractivity contribution < 1.29 is 19.0 Å². The van der Waals surface area contributed by atoms with Gasteiger partial charge in [-0.15, -0.1) is 10.2 Å². The first-order valence-corrected chi connectivity index (χ1v) is 10.9. The zero-order chi connectivity index (χ0) is 21.8. The van der Waals surface area contributed by atoms with Gasteiger partial charge in [0.1, 0.15) is 10.8 Å². The number of hydrogen-bond acceptors (Lipinski definition) is 7. The average molecular weight is 440 g/mol. The molecule has 31 heavy (non-hydrogen) atoms. The lowest BCUT2D eigenvalue weighted by Gasteiger charge is -2.31. The second kappa shape index (κ2) is 9.34. The monoisotopic (exact) mass is 439 g/mol. The molecule has 1 amide bonds. The molecule has 4 rings (SSSR count). The zero-order valence-electron chi connectivity index (χ0n) is 17.8. The van der Waals surface area contributed by atoms with Crippen LogP contribution in [-0.4, -0.2) is 55.4 Å². The third-order valence-electron chi connectivity index (χ3n) is 5.54. The van der Waals surface area contributed by atoms with Crippen molar-refractivity contribution in [1.29, 1.82) is 0 Å². The minimum absolute atomic E-state index is 0.0406. The first kappa shape index (κ1) is 21.1. The van der Waals surface area contributed by atoms with Gasteiger partial charge in [0.05, 0.1) is 32.5 Å². The summed E-state index contributed by atoms with van der Waals surface area (Å²) in [7, 11) is 4.78. The van der Waals surface area contributed by atoms with Crippen molar-refractivity contribution in [2.75, 3.05) is 34.4 Å². The van der Waals surface area contributed by atoms with Gasteiger partial charge < -0.3 is 19.1 Å². The van der Waals surface area contributed by atoms with Gasteiger partial charge >= 0.3 is 0 Å². The van der Waals surface area contributed by atoms with Crippen molar-refractivity contribution in [2.24, 2.45) is 0 Å². The van der Waals surface area contributed by atoms with Crippen LogP contribution in [0, 0.1) is 0 Å². The highest BCUT2D eigenvalue weighted by Gasteiger charge is 2.29. The Morgan fingerprint density at radius 3 is 2.35 bits per heavy atom. The van der Waals surface area contributed by atoms with Gasteiger partial charge in [-0.05, 0) is 37.1 Å². The van der Waals surface area contributed by atoms with E-state index in [0.717, 1.165) is 34.2 Å². The Hall–Kier alpha value is -3.13. The highest BCUT2D eigenvalue weighted by atomic mass is 32.1. The normalized spacial score (nSPS) is 14.4. The first-order valence-electron chi connectivity index (χ1n) is 10.1. The van der Waals surface area contributed by atoms with Crippen molar-refractivity contribution >= 4 is 17.2 Å². The fourth-order valence-corrected chi connectivity index (χ4v) is 4.93. The number of carbonyl (C=O) groups is 1. The number of aromatic nitrogens is 2. The van der Waals surface area contributed by atoms with E-state index in [4.69, 9.17) is 14.2 Å². The second-order valence-electron chi connectivity index (χ2n) is 7.25. The van der Waals surface area contributed by atoms with Crippen molar-refractivity contribution in [3.63, 3.8) is 0 Å². The molecule has 8 heteroatoms. The number of amides is 1. The Morgan fingerprint density at radius 2 is 1.65 bits per heavy atom. The summed E-state index contributed by atoms with van der Waals surface area (Å²) in [4.78, 5) is 15.0. The Bertz CT molecular complexity index is 1060. The van der Waals surface area contributed by atoms with E-state index in [0.29, 0.717) is 30.2 Å². The van der Waals surface area contributed by atoms with Crippen LogP contribution in [0.15, 0.2) is 42.5 Å². The Morgan fingerprint density at radius 1 is 0.935 bits per heavy atom. The van der Waals surface area contributed by atoms with Gasteiger partial charge in [0.25, 0.3) is 5.91 Å². The summed E-state index contributed by atoms with van der Waals surface area (Å²) in [6.07, 6.45) is 1.69. The molecular formula is C23H25N3O4S. The second-order valence-corrected chi connectivity index (χ2v) is 8.26. The first-order chi connectivity index (χ1) is 15.2. The van der Waals surface area contributed by atoms with Crippen LogP contribution in [0.1, 0.15) is 34.1 Å². The molecule has 0 saturated carbocycles. The van der Waals surface area contributed by atoms with E-state index in [1.807, 2.05) is 35.2 Å². The number of piperidine rings is 1. The summed E-state index contributed by atoms with van der Waals surface area (Å²) in [6.45, 7) is 1.32. The summed E-state index contributed by atoms with van der Waals surface area (Å²) < 4.78 is 16.2. The maximum Gasteiger partial charge on any atom is 0.257 e. The third kappa shape index (κ3) is 4.20. The van der Waals surface area contributed by atoms with Gasteiger partial charge in [-0.1, -0.05) is 29.5 Å². The van der Waals surface area contributed by atoms with Crippen LogP contribution in [0.4, 0.5) is 0 Å². The van der Waals surface area contributed by atoms with E-state index >= 15 is 0 Å². The summed E-state index contributed by atoms with van der Waals surface area (Å²) in [5, 5.41) is 10.7. The molecule has 0 spiro atoms. The number of methoxy groups -OCH3 is 3. The van der Waals surface area contributed by atoms with Crippen LogP contribution in [0.3, 0.4) is 0 Å². The topological polar surface area (TPSA) is 73.8 Å². The Kier molecular flexibility index (Phi) is 6.36. The highest BCUT2D eigenvalue weighted by Crippen LogP contribution is 2.37. The molecule has 2 aromatic carbocycles. The average Bonchev–Trinajstić information content (AvgIpc) is 3.33. The lowest BCUT2D eigenvalue weighted by Crippen LogP contribution is -2.38. The molecule has 3 aromatic rings. The van der Waals surface area contributed by atoms with Gasteiger partial charge in [-0.25, -0.2) is 0 Å². The molecule has 0 bridgehead atoms. The molecule has 1 aliphatic heterocycles. The van der Waals surface area contributed by atoms with E-state index in [1.54, 1.807) is 44.8 Å². The Labute approximate surface area is 185 Å². The fraction of sp³-hybridized carbons (Fsp3) is 0.348. The van der Waals surface area contributed by atoms with Gasteiger partial charge in [0.15, 0.2) is 16.5 Å². The van der Waals surface area contributed by atoms with Gasteiger partial charge in [0, 0.05) is 19.0 Å². The SMILES string of the molecule is COc1ccccc1-c1nnc(C2CCN(C(=O)c3cccc(OC)c3OC)CC2)s1. The van der Waals surface area contributed by atoms with Gasteiger partial charge in [-0.2, -0.15) is 0 Å². The molecule has 1 aromatic heterocycles. The number of ether oxygens (including phenoxy) is 3. The molecule has 1 saturated heterocycles. The minimum atomic E-state index is -0.0406. The largest absolute Gasteiger partial charge is 0.496 e. The van der Waals surface area contributed by atoms with E-state index in [-0.39, 0.29) is 11.8 Å². The van der Waals surface area contributed by atoms with Crippen molar-refractivity contribution in [1.82, 2.24) is 15.1 Å². The minimum Gasteiger partial charge on any atom is -0.496 e. The number of benzene rings is 2. The summed E-state index contributed by atoms with van der Waals surface area (Å²) in [6, 6.07) is 13.2. The van der Waals surface area contributed by atoms with Crippen LogP contribution < -0.4 is 14.2 Å². The van der Waals surface area contributed by atoms with Crippen LogP contribution in [0.25, 0.3) is 10.6 Å².